The van der Waals surface area contributed by atoms with Crippen LogP contribution in [0.4, 0.5) is 17.1 Å². The van der Waals surface area contributed by atoms with Crippen LogP contribution in [0.2, 0.25) is 0 Å². The molecule has 2 nitrogen and oxygen atoms in total. The van der Waals surface area contributed by atoms with Crippen molar-refractivity contribution in [3.05, 3.63) is 252 Å². The molecule has 0 aliphatic heterocycles. The third-order valence-corrected chi connectivity index (χ3v) is 13.6. The number of para-hydroxylation sites is 2. The SMILES string of the molecule is C/C=C\C1=C(CC)c2ccc(-c3ccccc3)cc2C12c1ccccc1-c1c(N(c3ccc(-c4ccc5c(c4)oc4ccccc45)cc3)c3ccccc3-c3ccccc3)cccc12. The van der Waals surface area contributed by atoms with Gasteiger partial charge in [-0.1, -0.05) is 183 Å². The molecule has 1 unspecified atom stereocenters. The summed E-state index contributed by atoms with van der Waals surface area (Å²) >= 11 is 0. The molecule has 0 saturated carbocycles. The lowest BCUT2D eigenvalue weighted by molar-refractivity contribution is 0.669. The van der Waals surface area contributed by atoms with Crippen molar-refractivity contribution in [2.24, 2.45) is 0 Å². The van der Waals surface area contributed by atoms with Crippen molar-refractivity contribution in [1.82, 2.24) is 0 Å². The highest BCUT2D eigenvalue weighted by molar-refractivity contribution is 6.06. The average Bonchev–Trinajstić information content (AvgIpc) is 3.98. The number of fused-ring (bicyclic) bond motifs is 10. The molecule has 0 radical (unpaired) electrons. The fraction of sp³-hybridized carbons (Fsp3) is 0.0645. The number of furan rings is 1. The molecule has 0 fully saturated rings. The predicted octanol–water partition coefficient (Wildman–Crippen LogP) is 17.1. The molecule has 1 atom stereocenters. The standard InChI is InChI=1S/C62H45NO/c1-3-18-53-47(4-2)49-37-33-44(41-19-7-5-8-20-41)39-56(49)62(53)54-26-14-11-25-52(54)61-55(62)27-17-29-58(61)63(57-28-15-12-23-48(57)43-21-9-6-10-22-43)46-35-31-42(32-36-46)45-34-38-51-50-24-13-16-30-59(50)64-60(51)40-45/h3,5-40H,4H2,1-2H3/b18-3-. The Morgan fingerprint density at radius 1 is 0.453 bits per heavy atom. The van der Waals surface area contributed by atoms with Crippen molar-refractivity contribution in [2.75, 3.05) is 4.90 Å². The molecule has 1 spiro atoms. The largest absolute Gasteiger partial charge is 0.456 e. The highest BCUT2D eigenvalue weighted by atomic mass is 16.3. The topological polar surface area (TPSA) is 16.4 Å². The highest BCUT2D eigenvalue weighted by Gasteiger charge is 2.53. The maximum Gasteiger partial charge on any atom is 0.136 e. The van der Waals surface area contributed by atoms with Gasteiger partial charge in [-0.15, -0.1) is 0 Å². The van der Waals surface area contributed by atoms with Crippen molar-refractivity contribution in [3.8, 4) is 44.5 Å². The lowest BCUT2D eigenvalue weighted by Gasteiger charge is -2.33. The number of hydrogen-bond donors (Lipinski definition) is 0. The zero-order chi connectivity index (χ0) is 42.8. The smallest absolute Gasteiger partial charge is 0.136 e. The third kappa shape index (κ3) is 5.65. The first-order valence-electron chi connectivity index (χ1n) is 22.4. The van der Waals surface area contributed by atoms with E-state index in [2.05, 4.69) is 231 Å². The van der Waals surface area contributed by atoms with Crippen molar-refractivity contribution < 1.29 is 4.42 Å². The van der Waals surface area contributed by atoms with Gasteiger partial charge < -0.3 is 9.32 Å². The van der Waals surface area contributed by atoms with Gasteiger partial charge in [-0.05, 0) is 129 Å². The summed E-state index contributed by atoms with van der Waals surface area (Å²) in [5, 5.41) is 2.28. The van der Waals surface area contributed by atoms with Gasteiger partial charge in [0.1, 0.15) is 11.2 Å². The van der Waals surface area contributed by atoms with Crippen LogP contribution in [0.25, 0.3) is 72.0 Å². The zero-order valence-corrected chi connectivity index (χ0v) is 35.9. The van der Waals surface area contributed by atoms with Crippen LogP contribution in [-0.4, -0.2) is 0 Å². The molecule has 0 N–H and O–H groups in total. The first kappa shape index (κ1) is 37.8. The average molecular weight is 820 g/mol. The Labute approximate surface area is 374 Å². The molecule has 2 heteroatoms. The molecule has 1 aromatic heterocycles. The summed E-state index contributed by atoms with van der Waals surface area (Å²) in [7, 11) is 0. The van der Waals surface area contributed by atoms with E-state index in [9.17, 15) is 0 Å². The summed E-state index contributed by atoms with van der Waals surface area (Å²) in [6.07, 6.45) is 5.56. The van der Waals surface area contributed by atoms with Crippen LogP contribution in [0.3, 0.4) is 0 Å². The fourth-order valence-corrected chi connectivity index (χ4v) is 10.9. The first-order valence-corrected chi connectivity index (χ1v) is 22.4. The Morgan fingerprint density at radius 3 is 1.86 bits per heavy atom. The van der Waals surface area contributed by atoms with E-state index in [0.29, 0.717) is 0 Å². The Balaban J connectivity index is 1.10. The molecule has 0 bridgehead atoms. The van der Waals surface area contributed by atoms with Gasteiger partial charge >= 0.3 is 0 Å². The summed E-state index contributed by atoms with van der Waals surface area (Å²) in [5.41, 5.74) is 22.3. The van der Waals surface area contributed by atoms with Crippen LogP contribution < -0.4 is 4.90 Å². The number of anilines is 3. The van der Waals surface area contributed by atoms with Gasteiger partial charge in [0.25, 0.3) is 0 Å². The van der Waals surface area contributed by atoms with E-state index in [1.54, 1.807) is 0 Å². The minimum absolute atomic E-state index is 0.510. The molecule has 9 aromatic carbocycles. The first-order chi connectivity index (χ1) is 31.7. The molecular formula is C62H45NO. The van der Waals surface area contributed by atoms with Crippen LogP contribution in [0, 0.1) is 0 Å². The summed E-state index contributed by atoms with van der Waals surface area (Å²) < 4.78 is 6.33. The molecule has 2 aliphatic carbocycles. The van der Waals surface area contributed by atoms with Gasteiger partial charge in [0.15, 0.2) is 0 Å². The van der Waals surface area contributed by atoms with E-state index < -0.39 is 5.41 Å². The molecule has 10 aromatic rings. The Morgan fingerprint density at radius 2 is 1.06 bits per heavy atom. The van der Waals surface area contributed by atoms with Crippen LogP contribution >= 0.6 is 0 Å². The van der Waals surface area contributed by atoms with E-state index in [0.717, 1.165) is 56.5 Å². The Kier molecular flexibility index (Phi) is 8.95. The number of allylic oxidation sites excluding steroid dienone is 4. The Hall–Kier alpha value is -7.94. The van der Waals surface area contributed by atoms with Gasteiger partial charge in [-0.25, -0.2) is 0 Å². The van der Waals surface area contributed by atoms with Gasteiger partial charge in [0.2, 0.25) is 0 Å². The van der Waals surface area contributed by atoms with Crippen LogP contribution in [0.1, 0.15) is 42.5 Å². The van der Waals surface area contributed by atoms with Crippen molar-refractivity contribution >= 4 is 44.6 Å². The van der Waals surface area contributed by atoms with Crippen molar-refractivity contribution in [3.63, 3.8) is 0 Å². The molecule has 304 valence electrons. The summed E-state index contributed by atoms with van der Waals surface area (Å²) in [6, 6.07) is 77.8. The fourth-order valence-electron chi connectivity index (χ4n) is 10.9. The highest BCUT2D eigenvalue weighted by Crippen LogP contribution is 2.65. The van der Waals surface area contributed by atoms with Gasteiger partial charge in [0, 0.05) is 27.6 Å². The number of rotatable bonds is 8. The maximum absolute atomic E-state index is 6.33. The minimum Gasteiger partial charge on any atom is -0.456 e. The van der Waals surface area contributed by atoms with E-state index in [1.807, 2.05) is 12.1 Å². The predicted molar refractivity (Wildman–Crippen MR) is 268 cm³/mol. The molecule has 0 amide bonds. The summed E-state index contributed by atoms with van der Waals surface area (Å²) in [6.45, 7) is 4.47. The zero-order valence-electron chi connectivity index (χ0n) is 35.9. The monoisotopic (exact) mass is 819 g/mol. The number of hydrogen-bond acceptors (Lipinski definition) is 2. The van der Waals surface area contributed by atoms with E-state index >= 15 is 0 Å². The lowest BCUT2D eigenvalue weighted by Crippen LogP contribution is -2.27. The molecule has 12 rings (SSSR count). The van der Waals surface area contributed by atoms with E-state index in [4.69, 9.17) is 4.42 Å². The van der Waals surface area contributed by atoms with Crippen LogP contribution in [0.5, 0.6) is 0 Å². The van der Waals surface area contributed by atoms with E-state index in [1.165, 1.54) is 66.8 Å². The molecule has 64 heavy (non-hydrogen) atoms. The molecule has 1 heterocycles. The molecule has 0 saturated heterocycles. The lowest BCUT2D eigenvalue weighted by atomic mass is 9.69. The number of benzene rings is 9. The second-order valence-electron chi connectivity index (χ2n) is 16.9. The van der Waals surface area contributed by atoms with Gasteiger partial charge in [0.05, 0.1) is 16.8 Å². The molecule has 2 aliphatic rings. The van der Waals surface area contributed by atoms with Crippen molar-refractivity contribution in [2.45, 2.75) is 25.7 Å². The second kappa shape index (κ2) is 15.1. The van der Waals surface area contributed by atoms with Crippen LogP contribution in [-0.2, 0) is 5.41 Å². The molecular weight excluding hydrogens is 775 g/mol. The summed E-state index contributed by atoms with van der Waals surface area (Å²) in [4.78, 5) is 2.50. The minimum atomic E-state index is -0.510. The van der Waals surface area contributed by atoms with Crippen molar-refractivity contribution in [1.29, 1.82) is 0 Å². The maximum atomic E-state index is 6.33. The quantitative estimate of drug-likeness (QED) is 0.152. The Bertz CT molecular complexity index is 3480. The van der Waals surface area contributed by atoms with Gasteiger partial charge in [-0.3, -0.25) is 0 Å². The summed E-state index contributed by atoms with van der Waals surface area (Å²) in [5.74, 6) is 0. The number of nitrogens with zero attached hydrogens (tertiary/aromatic N) is 1. The second-order valence-corrected chi connectivity index (χ2v) is 16.9. The third-order valence-electron chi connectivity index (χ3n) is 13.6. The van der Waals surface area contributed by atoms with Gasteiger partial charge in [-0.2, -0.15) is 0 Å². The van der Waals surface area contributed by atoms with E-state index in [-0.39, 0.29) is 0 Å². The van der Waals surface area contributed by atoms with Crippen LogP contribution in [0.15, 0.2) is 234 Å². The normalized spacial score (nSPS) is 15.0.